The Morgan fingerprint density at radius 1 is 1.20 bits per heavy atom. The molecule has 1 atom stereocenters. The van der Waals surface area contributed by atoms with Crippen LogP contribution in [0.15, 0.2) is 54.9 Å². The van der Waals surface area contributed by atoms with Crippen LogP contribution in [0.3, 0.4) is 0 Å². The first-order valence-electron chi connectivity index (χ1n) is 7.72. The molecule has 0 fully saturated rings. The number of halogens is 1. The van der Waals surface area contributed by atoms with Gasteiger partial charge in [-0.3, -0.25) is 4.79 Å². The molecule has 0 radical (unpaired) electrons. The molecule has 0 aliphatic carbocycles. The Balaban J connectivity index is 1.64. The molecule has 3 aromatic rings. The Morgan fingerprint density at radius 2 is 1.88 bits per heavy atom. The molecule has 1 amide bonds. The summed E-state index contributed by atoms with van der Waals surface area (Å²) in [6.45, 7) is 2.07. The van der Waals surface area contributed by atoms with Gasteiger partial charge >= 0.3 is 0 Å². The van der Waals surface area contributed by atoms with Gasteiger partial charge in [0.1, 0.15) is 12.1 Å². The van der Waals surface area contributed by atoms with E-state index in [0.717, 1.165) is 5.56 Å². The molecular weight excluding hydrogens is 323 g/mol. The Morgan fingerprint density at radius 3 is 2.56 bits per heavy atom. The standard InChI is InChI=1S/C18H17FN4O2/c1-12-2-8-15(9-3-12)21-18(25)17-20-11-23(22-17)10-16(24)13-4-6-14(19)7-5-13/h2-9,11,16,24H,10H2,1H3,(H,21,25). The van der Waals surface area contributed by atoms with Gasteiger partial charge in [-0.25, -0.2) is 14.1 Å². The molecule has 2 N–H and O–H groups in total. The third kappa shape index (κ3) is 4.27. The highest BCUT2D eigenvalue weighted by molar-refractivity contribution is 6.01. The number of hydrogen-bond donors (Lipinski definition) is 2. The van der Waals surface area contributed by atoms with E-state index in [1.165, 1.54) is 35.3 Å². The minimum atomic E-state index is -0.879. The van der Waals surface area contributed by atoms with Gasteiger partial charge in [-0.15, -0.1) is 5.10 Å². The highest BCUT2D eigenvalue weighted by atomic mass is 19.1. The fraction of sp³-hybridized carbons (Fsp3) is 0.167. The topological polar surface area (TPSA) is 80.0 Å². The summed E-state index contributed by atoms with van der Waals surface area (Å²) in [5, 5.41) is 16.9. The Hall–Kier alpha value is -3.06. The summed E-state index contributed by atoms with van der Waals surface area (Å²) >= 11 is 0. The maximum absolute atomic E-state index is 12.9. The predicted octanol–water partition coefficient (Wildman–Crippen LogP) is 2.71. The van der Waals surface area contributed by atoms with Crippen molar-refractivity contribution in [2.45, 2.75) is 19.6 Å². The normalized spacial score (nSPS) is 12.0. The number of amides is 1. The van der Waals surface area contributed by atoms with Crippen LogP contribution in [0.5, 0.6) is 0 Å². The largest absolute Gasteiger partial charge is 0.386 e. The number of aromatic nitrogens is 3. The number of hydrogen-bond acceptors (Lipinski definition) is 4. The summed E-state index contributed by atoms with van der Waals surface area (Å²) in [5.74, 6) is -0.794. The van der Waals surface area contributed by atoms with Gasteiger partial charge in [-0.1, -0.05) is 29.8 Å². The first-order valence-corrected chi connectivity index (χ1v) is 7.72. The van der Waals surface area contributed by atoms with Crippen LogP contribution in [0.25, 0.3) is 0 Å². The van der Waals surface area contributed by atoms with Crippen LogP contribution in [0.2, 0.25) is 0 Å². The van der Waals surface area contributed by atoms with Crippen LogP contribution >= 0.6 is 0 Å². The molecule has 0 aliphatic heterocycles. The summed E-state index contributed by atoms with van der Waals surface area (Å²) in [5.41, 5.74) is 2.30. The maximum Gasteiger partial charge on any atom is 0.295 e. The second-order valence-electron chi connectivity index (χ2n) is 5.68. The molecule has 6 nitrogen and oxygen atoms in total. The van der Waals surface area contributed by atoms with Crippen LogP contribution in [0, 0.1) is 12.7 Å². The van der Waals surface area contributed by atoms with Gasteiger partial charge in [0.15, 0.2) is 0 Å². The van der Waals surface area contributed by atoms with Gasteiger partial charge in [0.2, 0.25) is 5.82 Å². The second-order valence-corrected chi connectivity index (χ2v) is 5.68. The quantitative estimate of drug-likeness (QED) is 0.748. The van der Waals surface area contributed by atoms with Crippen LogP contribution in [0.4, 0.5) is 10.1 Å². The molecule has 0 saturated carbocycles. The molecule has 1 heterocycles. The number of nitrogens with one attached hydrogen (secondary N) is 1. The van der Waals surface area contributed by atoms with Crippen LogP contribution in [-0.4, -0.2) is 25.8 Å². The molecule has 2 aromatic carbocycles. The Kier molecular flexibility index (Phi) is 4.85. The number of carbonyl (C=O) groups excluding carboxylic acids is 1. The summed E-state index contributed by atoms with van der Waals surface area (Å²) in [7, 11) is 0. The summed E-state index contributed by atoms with van der Waals surface area (Å²) in [6.07, 6.45) is 0.492. The van der Waals surface area contributed by atoms with Crippen molar-refractivity contribution in [1.82, 2.24) is 14.8 Å². The van der Waals surface area contributed by atoms with E-state index in [2.05, 4.69) is 15.4 Å². The molecule has 25 heavy (non-hydrogen) atoms. The Labute approximate surface area is 144 Å². The number of rotatable bonds is 5. The third-order valence-electron chi connectivity index (χ3n) is 3.66. The number of aliphatic hydroxyl groups excluding tert-OH is 1. The smallest absolute Gasteiger partial charge is 0.295 e. The lowest BCUT2D eigenvalue weighted by atomic mass is 10.1. The number of nitrogens with zero attached hydrogens (tertiary/aromatic N) is 3. The highest BCUT2D eigenvalue weighted by Crippen LogP contribution is 2.15. The fourth-order valence-electron chi connectivity index (χ4n) is 2.28. The van der Waals surface area contributed by atoms with E-state index in [1.54, 1.807) is 12.1 Å². The molecule has 0 aliphatic rings. The van der Waals surface area contributed by atoms with Gasteiger partial charge in [-0.2, -0.15) is 0 Å². The molecule has 0 saturated heterocycles. The highest BCUT2D eigenvalue weighted by Gasteiger charge is 2.14. The molecular formula is C18H17FN4O2. The van der Waals surface area contributed by atoms with Crippen molar-refractivity contribution in [3.05, 3.63) is 77.6 Å². The van der Waals surface area contributed by atoms with Gasteiger partial charge in [-0.05, 0) is 36.8 Å². The van der Waals surface area contributed by atoms with E-state index >= 15 is 0 Å². The summed E-state index contributed by atoms with van der Waals surface area (Å²) < 4.78 is 14.3. The molecule has 7 heteroatoms. The van der Waals surface area contributed by atoms with E-state index in [9.17, 15) is 14.3 Å². The van der Waals surface area contributed by atoms with E-state index in [0.29, 0.717) is 11.3 Å². The zero-order chi connectivity index (χ0) is 17.8. The first-order chi connectivity index (χ1) is 12.0. The fourth-order valence-corrected chi connectivity index (χ4v) is 2.28. The van der Waals surface area contributed by atoms with E-state index in [1.807, 2.05) is 19.1 Å². The van der Waals surface area contributed by atoms with Crippen molar-refractivity contribution in [1.29, 1.82) is 0 Å². The van der Waals surface area contributed by atoms with E-state index in [4.69, 9.17) is 0 Å². The molecule has 0 bridgehead atoms. The number of carbonyl (C=O) groups is 1. The molecule has 128 valence electrons. The second kappa shape index (κ2) is 7.23. The van der Waals surface area contributed by atoms with Crippen molar-refractivity contribution in [2.24, 2.45) is 0 Å². The van der Waals surface area contributed by atoms with Crippen molar-refractivity contribution in [2.75, 3.05) is 5.32 Å². The minimum Gasteiger partial charge on any atom is -0.386 e. The number of aryl methyl sites for hydroxylation is 1. The van der Waals surface area contributed by atoms with Gasteiger partial charge in [0, 0.05) is 5.69 Å². The maximum atomic E-state index is 12.9. The van der Waals surface area contributed by atoms with Gasteiger partial charge in [0.05, 0.1) is 12.6 Å². The average Bonchev–Trinajstić information content (AvgIpc) is 3.06. The van der Waals surface area contributed by atoms with Crippen molar-refractivity contribution >= 4 is 11.6 Å². The number of aliphatic hydroxyl groups is 1. The lowest BCUT2D eigenvalue weighted by Crippen LogP contribution is -2.15. The van der Waals surface area contributed by atoms with Crippen molar-refractivity contribution < 1.29 is 14.3 Å². The van der Waals surface area contributed by atoms with E-state index < -0.39 is 12.0 Å². The van der Waals surface area contributed by atoms with E-state index in [-0.39, 0.29) is 18.2 Å². The van der Waals surface area contributed by atoms with Crippen LogP contribution < -0.4 is 5.32 Å². The minimum absolute atomic E-state index is 0.00637. The van der Waals surface area contributed by atoms with Gasteiger partial charge < -0.3 is 10.4 Å². The van der Waals surface area contributed by atoms with Gasteiger partial charge in [0.25, 0.3) is 5.91 Å². The predicted molar refractivity (Wildman–Crippen MR) is 90.5 cm³/mol. The molecule has 1 unspecified atom stereocenters. The molecule has 3 rings (SSSR count). The monoisotopic (exact) mass is 340 g/mol. The Bertz CT molecular complexity index is 860. The third-order valence-corrected chi connectivity index (χ3v) is 3.66. The number of anilines is 1. The van der Waals surface area contributed by atoms with Crippen molar-refractivity contribution in [3.63, 3.8) is 0 Å². The average molecular weight is 340 g/mol. The summed E-state index contributed by atoms with van der Waals surface area (Å²) in [6, 6.07) is 12.9. The zero-order valence-corrected chi connectivity index (χ0v) is 13.6. The lowest BCUT2D eigenvalue weighted by molar-refractivity contribution is 0.101. The molecule has 0 spiro atoms. The zero-order valence-electron chi connectivity index (χ0n) is 13.6. The molecule has 1 aromatic heterocycles. The number of benzene rings is 2. The van der Waals surface area contributed by atoms with Crippen molar-refractivity contribution in [3.8, 4) is 0 Å². The summed E-state index contributed by atoms with van der Waals surface area (Å²) in [4.78, 5) is 16.1. The van der Waals surface area contributed by atoms with Crippen LogP contribution in [0.1, 0.15) is 27.8 Å². The first kappa shape index (κ1) is 16.8. The lowest BCUT2D eigenvalue weighted by Gasteiger charge is -2.10. The van der Waals surface area contributed by atoms with Crippen LogP contribution in [-0.2, 0) is 6.54 Å². The SMILES string of the molecule is Cc1ccc(NC(=O)c2ncn(CC(O)c3ccc(F)cc3)n2)cc1.